The summed E-state index contributed by atoms with van der Waals surface area (Å²) < 4.78 is 0. The quantitative estimate of drug-likeness (QED) is 0.879. The molecule has 0 atom stereocenters. The van der Waals surface area contributed by atoms with E-state index in [9.17, 15) is 9.59 Å². The van der Waals surface area contributed by atoms with Crippen LogP contribution in [0, 0.1) is 0 Å². The molecule has 1 aromatic rings. The molecule has 1 N–H and O–H groups in total. The van der Waals surface area contributed by atoms with Gasteiger partial charge in [0, 0.05) is 13.5 Å². The van der Waals surface area contributed by atoms with Gasteiger partial charge < -0.3 is 10.0 Å². The zero-order valence-corrected chi connectivity index (χ0v) is 9.57. The zero-order chi connectivity index (χ0) is 12.1. The predicted octanol–water partition coefficient (Wildman–Crippen LogP) is 2.17. The first kappa shape index (κ1) is 12.5. The molecular formula is C11H12ClNO3. The third kappa shape index (κ3) is 3.24. The number of nitrogens with zero attached hydrogens (tertiary/aromatic N) is 1. The summed E-state index contributed by atoms with van der Waals surface area (Å²) in [4.78, 5) is 23.2. The number of benzene rings is 1. The number of para-hydroxylation sites is 1. The minimum absolute atomic E-state index is 0.106. The fourth-order valence-corrected chi connectivity index (χ4v) is 1.56. The highest BCUT2D eigenvalue weighted by atomic mass is 35.5. The van der Waals surface area contributed by atoms with Gasteiger partial charge in [0.2, 0.25) is 5.91 Å². The number of amides is 1. The molecule has 0 aliphatic rings. The summed E-state index contributed by atoms with van der Waals surface area (Å²) in [6.07, 6.45) is -0.106. The van der Waals surface area contributed by atoms with Crippen molar-refractivity contribution < 1.29 is 14.7 Å². The van der Waals surface area contributed by atoms with Gasteiger partial charge in [-0.05, 0) is 12.1 Å². The molecule has 5 heteroatoms. The van der Waals surface area contributed by atoms with Crippen LogP contribution in [-0.4, -0.2) is 23.5 Å². The van der Waals surface area contributed by atoms with E-state index in [-0.39, 0.29) is 18.9 Å². The van der Waals surface area contributed by atoms with Gasteiger partial charge >= 0.3 is 5.97 Å². The molecule has 16 heavy (non-hydrogen) atoms. The van der Waals surface area contributed by atoms with Gasteiger partial charge in [-0.1, -0.05) is 23.7 Å². The first-order valence-corrected chi connectivity index (χ1v) is 5.14. The molecule has 0 saturated heterocycles. The summed E-state index contributed by atoms with van der Waals surface area (Å²) in [7, 11) is 0. The average Bonchev–Trinajstić information content (AvgIpc) is 2.20. The largest absolute Gasteiger partial charge is 0.481 e. The van der Waals surface area contributed by atoms with Gasteiger partial charge in [0.25, 0.3) is 0 Å². The van der Waals surface area contributed by atoms with Crippen LogP contribution in [0.25, 0.3) is 0 Å². The van der Waals surface area contributed by atoms with E-state index in [1.807, 2.05) is 0 Å². The Morgan fingerprint density at radius 2 is 2.00 bits per heavy atom. The number of rotatable bonds is 4. The van der Waals surface area contributed by atoms with Crippen LogP contribution in [0.1, 0.15) is 13.3 Å². The summed E-state index contributed by atoms with van der Waals surface area (Å²) in [6.45, 7) is 1.50. The van der Waals surface area contributed by atoms with Crippen molar-refractivity contribution in [3.63, 3.8) is 0 Å². The Morgan fingerprint density at radius 1 is 1.38 bits per heavy atom. The van der Waals surface area contributed by atoms with E-state index in [4.69, 9.17) is 16.7 Å². The van der Waals surface area contributed by atoms with E-state index < -0.39 is 5.97 Å². The maximum Gasteiger partial charge on any atom is 0.305 e. The molecule has 4 nitrogen and oxygen atoms in total. The number of hydrogen-bond donors (Lipinski definition) is 1. The van der Waals surface area contributed by atoms with Crippen molar-refractivity contribution in [1.29, 1.82) is 0 Å². The van der Waals surface area contributed by atoms with Crippen LogP contribution in [-0.2, 0) is 9.59 Å². The van der Waals surface area contributed by atoms with Crippen molar-refractivity contribution in [2.24, 2.45) is 0 Å². The van der Waals surface area contributed by atoms with Crippen LogP contribution in [0.3, 0.4) is 0 Å². The second kappa shape index (κ2) is 5.51. The van der Waals surface area contributed by atoms with Crippen LogP contribution in [0.4, 0.5) is 5.69 Å². The molecule has 1 rings (SSSR count). The number of carbonyl (C=O) groups is 2. The maximum absolute atomic E-state index is 11.4. The molecule has 0 bridgehead atoms. The molecule has 86 valence electrons. The van der Waals surface area contributed by atoms with Gasteiger partial charge in [-0.3, -0.25) is 9.59 Å². The Kier molecular flexibility index (Phi) is 4.31. The Labute approximate surface area is 98.4 Å². The average molecular weight is 242 g/mol. The van der Waals surface area contributed by atoms with Crippen molar-refractivity contribution in [2.75, 3.05) is 11.4 Å². The van der Waals surface area contributed by atoms with Crippen LogP contribution in [0.5, 0.6) is 0 Å². The highest BCUT2D eigenvalue weighted by Crippen LogP contribution is 2.25. The molecule has 0 saturated carbocycles. The Balaban J connectivity index is 2.90. The third-order valence-corrected chi connectivity index (χ3v) is 2.39. The van der Waals surface area contributed by atoms with Gasteiger partial charge in [0.15, 0.2) is 0 Å². The summed E-state index contributed by atoms with van der Waals surface area (Å²) in [6, 6.07) is 6.85. The normalized spacial score (nSPS) is 9.88. The second-order valence-corrected chi connectivity index (χ2v) is 3.67. The van der Waals surface area contributed by atoms with Crippen molar-refractivity contribution in [3.05, 3.63) is 29.3 Å². The van der Waals surface area contributed by atoms with Gasteiger partial charge in [0.1, 0.15) is 0 Å². The van der Waals surface area contributed by atoms with E-state index in [1.165, 1.54) is 11.8 Å². The zero-order valence-electron chi connectivity index (χ0n) is 8.81. The Hall–Kier alpha value is -1.55. The first-order valence-electron chi connectivity index (χ1n) is 4.77. The van der Waals surface area contributed by atoms with Crippen molar-refractivity contribution in [3.8, 4) is 0 Å². The topological polar surface area (TPSA) is 57.6 Å². The predicted molar refractivity (Wildman–Crippen MR) is 61.7 cm³/mol. The van der Waals surface area contributed by atoms with Gasteiger partial charge in [0.05, 0.1) is 17.1 Å². The Morgan fingerprint density at radius 3 is 2.50 bits per heavy atom. The lowest BCUT2D eigenvalue weighted by molar-refractivity contribution is -0.136. The van der Waals surface area contributed by atoms with Gasteiger partial charge in [-0.25, -0.2) is 0 Å². The molecular weight excluding hydrogens is 230 g/mol. The fraction of sp³-hybridized carbons (Fsp3) is 0.273. The molecule has 0 unspecified atom stereocenters. The molecule has 0 fully saturated rings. The van der Waals surface area contributed by atoms with Crippen molar-refractivity contribution >= 4 is 29.2 Å². The standard InChI is InChI=1S/C11H12ClNO3/c1-8(14)13(7-6-11(15)16)10-5-3-2-4-9(10)12/h2-5H,6-7H2,1H3,(H,15,16). The van der Waals surface area contributed by atoms with E-state index in [1.54, 1.807) is 24.3 Å². The molecule has 0 radical (unpaired) electrons. The summed E-state index contributed by atoms with van der Waals surface area (Å²) >= 11 is 5.94. The lowest BCUT2D eigenvalue weighted by atomic mass is 10.2. The molecule has 0 aliphatic carbocycles. The van der Waals surface area contributed by atoms with E-state index in [0.717, 1.165) is 0 Å². The summed E-state index contributed by atoms with van der Waals surface area (Å²) in [5.41, 5.74) is 0.540. The minimum Gasteiger partial charge on any atom is -0.481 e. The molecule has 0 aromatic heterocycles. The summed E-state index contributed by atoms with van der Waals surface area (Å²) in [5.74, 6) is -1.17. The van der Waals surface area contributed by atoms with Crippen LogP contribution < -0.4 is 4.90 Å². The molecule has 0 heterocycles. The maximum atomic E-state index is 11.4. The number of hydrogen-bond acceptors (Lipinski definition) is 2. The molecule has 1 aromatic carbocycles. The van der Waals surface area contributed by atoms with E-state index in [0.29, 0.717) is 10.7 Å². The number of aliphatic carboxylic acids is 1. The van der Waals surface area contributed by atoms with Gasteiger partial charge in [-0.2, -0.15) is 0 Å². The summed E-state index contributed by atoms with van der Waals surface area (Å²) in [5, 5.41) is 9.02. The monoisotopic (exact) mass is 241 g/mol. The number of carbonyl (C=O) groups excluding carboxylic acids is 1. The van der Waals surface area contributed by atoms with Crippen LogP contribution >= 0.6 is 11.6 Å². The van der Waals surface area contributed by atoms with Crippen molar-refractivity contribution in [1.82, 2.24) is 0 Å². The Bertz CT molecular complexity index is 406. The lowest BCUT2D eigenvalue weighted by Gasteiger charge is -2.21. The van der Waals surface area contributed by atoms with Crippen LogP contribution in [0.2, 0.25) is 5.02 Å². The SMILES string of the molecule is CC(=O)N(CCC(=O)O)c1ccccc1Cl. The number of anilines is 1. The smallest absolute Gasteiger partial charge is 0.305 e. The van der Waals surface area contributed by atoms with E-state index >= 15 is 0 Å². The first-order chi connectivity index (χ1) is 7.52. The molecule has 0 spiro atoms. The molecule has 1 amide bonds. The van der Waals surface area contributed by atoms with Crippen molar-refractivity contribution in [2.45, 2.75) is 13.3 Å². The number of halogens is 1. The lowest BCUT2D eigenvalue weighted by Crippen LogP contribution is -2.31. The number of carboxylic acid groups (broad SMARTS) is 1. The van der Waals surface area contributed by atoms with E-state index in [2.05, 4.69) is 0 Å². The third-order valence-electron chi connectivity index (χ3n) is 2.07. The second-order valence-electron chi connectivity index (χ2n) is 3.27. The van der Waals surface area contributed by atoms with Crippen LogP contribution in [0.15, 0.2) is 24.3 Å². The number of carboxylic acids is 1. The fourth-order valence-electron chi connectivity index (χ4n) is 1.33. The molecule has 0 aliphatic heterocycles. The minimum atomic E-state index is -0.946. The highest BCUT2D eigenvalue weighted by molar-refractivity contribution is 6.33. The highest BCUT2D eigenvalue weighted by Gasteiger charge is 2.15. The van der Waals surface area contributed by atoms with Gasteiger partial charge in [-0.15, -0.1) is 0 Å².